The third-order valence-corrected chi connectivity index (χ3v) is 4.97. The summed E-state index contributed by atoms with van der Waals surface area (Å²) in [4.78, 5) is 0. The van der Waals surface area contributed by atoms with Crippen LogP contribution in [0.2, 0.25) is 25.1 Å². The molecule has 9 heteroatoms. The molecule has 0 saturated heterocycles. The van der Waals surface area contributed by atoms with Gasteiger partial charge in [-0.25, -0.2) is 0 Å². The second-order valence-electron chi connectivity index (χ2n) is 5.41. The number of nitrogen functional groups attached to an aromatic ring is 2. The summed E-state index contributed by atoms with van der Waals surface area (Å²) in [6.45, 7) is 0. The average Bonchev–Trinajstić information content (AvgIpc) is 2.59. The van der Waals surface area contributed by atoms with Gasteiger partial charge >= 0.3 is 0 Å². The van der Waals surface area contributed by atoms with Gasteiger partial charge in [0.05, 0.1) is 16.4 Å². The first-order valence-corrected chi connectivity index (χ1v) is 9.28. The standard InChI is InChI=1S/C18H11Cl5N2O2/c19-8-3-12(24)17(22)15(5-8)26-10-1-2-11(21)14(7-10)27-16-6-9(20)4-13(25)18(16)23/h1-7H,24-25H2. The summed E-state index contributed by atoms with van der Waals surface area (Å²) < 4.78 is 11.5. The van der Waals surface area contributed by atoms with Crippen LogP contribution in [0, 0.1) is 0 Å². The summed E-state index contributed by atoms with van der Waals surface area (Å²) in [6.07, 6.45) is 0. The zero-order chi connectivity index (χ0) is 19.7. The summed E-state index contributed by atoms with van der Waals surface area (Å²) in [5.41, 5.74) is 12.2. The largest absolute Gasteiger partial charge is 0.456 e. The van der Waals surface area contributed by atoms with Crippen molar-refractivity contribution in [3.05, 3.63) is 67.6 Å². The molecule has 3 rings (SSSR count). The highest BCUT2D eigenvalue weighted by Crippen LogP contribution is 2.42. The Morgan fingerprint density at radius 2 is 1.11 bits per heavy atom. The first kappa shape index (κ1) is 20.1. The van der Waals surface area contributed by atoms with Crippen molar-refractivity contribution in [1.29, 1.82) is 0 Å². The molecule has 140 valence electrons. The lowest BCUT2D eigenvalue weighted by Gasteiger charge is -2.14. The number of rotatable bonds is 4. The van der Waals surface area contributed by atoms with Gasteiger partial charge in [0, 0.05) is 28.2 Å². The molecule has 0 unspecified atom stereocenters. The number of halogens is 5. The first-order valence-electron chi connectivity index (χ1n) is 7.39. The van der Waals surface area contributed by atoms with E-state index in [0.29, 0.717) is 32.3 Å². The van der Waals surface area contributed by atoms with Crippen molar-refractivity contribution in [2.45, 2.75) is 0 Å². The molecule has 0 aromatic heterocycles. The predicted molar refractivity (Wildman–Crippen MR) is 113 cm³/mol. The first-order chi connectivity index (χ1) is 12.7. The van der Waals surface area contributed by atoms with Gasteiger partial charge in [-0.2, -0.15) is 0 Å². The van der Waals surface area contributed by atoms with Crippen molar-refractivity contribution in [3.8, 4) is 23.0 Å². The lowest BCUT2D eigenvalue weighted by Crippen LogP contribution is -1.94. The molecule has 4 N–H and O–H groups in total. The molecule has 0 bridgehead atoms. The molecule has 3 aromatic carbocycles. The Labute approximate surface area is 180 Å². The van der Waals surface area contributed by atoms with Crippen molar-refractivity contribution in [3.63, 3.8) is 0 Å². The van der Waals surface area contributed by atoms with Gasteiger partial charge in [0.1, 0.15) is 33.0 Å². The Bertz CT molecular complexity index is 1030. The minimum absolute atomic E-state index is 0.215. The molecule has 0 saturated carbocycles. The molecule has 3 aromatic rings. The molecular weight excluding hydrogens is 453 g/mol. The number of benzene rings is 3. The summed E-state index contributed by atoms with van der Waals surface area (Å²) in [6, 6.07) is 10.9. The normalized spacial score (nSPS) is 10.7. The van der Waals surface area contributed by atoms with Crippen LogP contribution < -0.4 is 20.9 Å². The Balaban J connectivity index is 1.94. The highest BCUT2D eigenvalue weighted by molar-refractivity contribution is 6.37. The molecule has 0 heterocycles. The van der Waals surface area contributed by atoms with Gasteiger partial charge in [0.2, 0.25) is 0 Å². The van der Waals surface area contributed by atoms with Gasteiger partial charge in [-0.15, -0.1) is 0 Å². The summed E-state index contributed by atoms with van der Waals surface area (Å²) in [5, 5.41) is 1.54. The number of ether oxygens (including phenoxy) is 2. The third kappa shape index (κ3) is 4.60. The fraction of sp³-hybridized carbons (Fsp3) is 0. The maximum Gasteiger partial charge on any atom is 0.149 e. The number of nitrogens with two attached hydrogens (primary N) is 2. The summed E-state index contributed by atoms with van der Waals surface area (Å²) in [5.74, 6) is 1.22. The molecule has 0 aliphatic rings. The van der Waals surface area contributed by atoms with E-state index in [1.807, 2.05) is 0 Å². The van der Waals surface area contributed by atoms with E-state index in [0.717, 1.165) is 0 Å². The minimum atomic E-state index is 0.215. The van der Waals surface area contributed by atoms with Crippen molar-refractivity contribution in [2.24, 2.45) is 0 Å². The van der Waals surface area contributed by atoms with Crippen LogP contribution in [0.25, 0.3) is 0 Å². The van der Waals surface area contributed by atoms with Gasteiger partial charge < -0.3 is 20.9 Å². The quantitative estimate of drug-likeness (QED) is 0.388. The van der Waals surface area contributed by atoms with Crippen LogP contribution in [0.15, 0.2) is 42.5 Å². The lowest BCUT2D eigenvalue weighted by molar-refractivity contribution is 0.461. The van der Waals surface area contributed by atoms with E-state index < -0.39 is 0 Å². The maximum atomic E-state index is 6.21. The van der Waals surface area contributed by atoms with Crippen molar-refractivity contribution in [1.82, 2.24) is 0 Å². The van der Waals surface area contributed by atoms with Crippen molar-refractivity contribution in [2.75, 3.05) is 11.5 Å². The highest BCUT2D eigenvalue weighted by atomic mass is 35.5. The second kappa shape index (κ2) is 8.13. The van der Waals surface area contributed by atoms with Crippen LogP contribution in [-0.2, 0) is 0 Å². The predicted octanol–water partition coefficient (Wildman–Crippen LogP) is 7.70. The average molecular weight is 465 g/mol. The number of hydrogen-bond donors (Lipinski definition) is 2. The van der Waals surface area contributed by atoms with E-state index in [2.05, 4.69) is 0 Å². The van der Waals surface area contributed by atoms with E-state index in [1.165, 1.54) is 18.2 Å². The van der Waals surface area contributed by atoms with E-state index >= 15 is 0 Å². The number of anilines is 2. The van der Waals surface area contributed by atoms with E-state index in [-0.39, 0.29) is 27.2 Å². The number of hydrogen-bond acceptors (Lipinski definition) is 4. The van der Waals surface area contributed by atoms with Crippen molar-refractivity contribution < 1.29 is 9.47 Å². The molecule has 0 amide bonds. The molecule has 0 radical (unpaired) electrons. The van der Waals surface area contributed by atoms with Gasteiger partial charge in [-0.05, 0) is 24.3 Å². The molecule has 4 nitrogen and oxygen atoms in total. The monoisotopic (exact) mass is 462 g/mol. The second-order valence-corrected chi connectivity index (χ2v) is 7.45. The van der Waals surface area contributed by atoms with E-state index in [4.69, 9.17) is 78.9 Å². The van der Waals surface area contributed by atoms with Gasteiger partial charge in [-0.1, -0.05) is 58.0 Å². The minimum Gasteiger partial charge on any atom is -0.456 e. The smallest absolute Gasteiger partial charge is 0.149 e. The molecular formula is C18H11Cl5N2O2. The van der Waals surface area contributed by atoms with E-state index in [1.54, 1.807) is 24.3 Å². The summed E-state index contributed by atoms with van der Waals surface area (Å²) in [7, 11) is 0. The van der Waals surface area contributed by atoms with Crippen LogP contribution in [0.5, 0.6) is 23.0 Å². The van der Waals surface area contributed by atoms with Crippen LogP contribution in [-0.4, -0.2) is 0 Å². The Hall–Kier alpha value is -1.69. The fourth-order valence-electron chi connectivity index (χ4n) is 2.19. The topological polar surface area (TPSA) is 70.5 Å². The van der Waals surface area contributed by atoms with E-state index in [9.17, 15) is 0 Å². The van der Waals surface area contributed by atoms with Crippen LogP contribution in [0.3, 0.4) is 0 Å². The zero-order valence-corrected chi connectivity index (χ0v) is 17.2. The summed E-state index contributed by atoms with van der Waals surface area (Å²) >= 11 is 30.5. The Morgan fingerprint density at radius 1 is 0.593 bits per heavy atom. The zero-order valence-electron chi connectivity index (χ0n) is 13.4. The molecule has 27 heavy (non-hydrogen) atoms. The molecule has 0 atom stereocenters. The van der Waals surface area contributed by atoms with Crippen LogP contribution in [0.1, 0.15) is 0 Å². The Morgan fingerprint density at radius 3 is 1.67 bits per heavy atom. The van der Waals surface area contributed by atoms with Gasteiger partial charge in [0.15, 0.2) is 0 Å². The van der Waals surface area contributed by atoms with Gasteiger partial charge in [-0.3, -0.25) is 0 Å². The Kier molecular flexibility index (Phi) is 6.04. The highest BCUT2D eigenvalue weighted by Gasteiger charge is 2.14. The van der Waals surface area contributed by atoms with Crippen LogP contribution in [0.4, 0.5) is 11.4 Å². The molecule has 0 aliphatic carbocycles. The third-order valence-electron chi connectivity index (χ3n) is 3.41. The van der Waals surface area contributed by atoms with Crippen molar-refractivity contribution >= 4 is 69.4 Å². The van der Waals surface area contributed by atoms with Crippen LogP contribution >= 0.6 is 58.0 Å². The van der Waals surface area contributed by atoms with Gasteiger partial charge in [0.25, 0.3) is 0 Å². The SMILES string of the molecule is Nc1cc(Cl)cc(Oc2ccc(Cl)c(Oc3cc(Cl)cc(N)c3Cl)c2)c1Cl. The molecule has 0 spiro atoms. The molecule has 0 aliphatic heterocycles. The fourth-order valence-corrected chi connectivity index (χ4v) is 3.07. The maximum absolute atomic E-state index is 6.21. The lowest BCUT2D eigenvalue weighted by atomic mass is 10.2. The molecule has 0 fully saturated rings.